The monoisotopic (exact) mass is 270 g/mol. The van der Waals surface area contributed by atoms with Crippen LogP contribution in [0.3, 0.4) is 0 Å². The molecule has 0 bridgehead atoms. The Morgan fingerprint density at radius 1 is 1.25 bits per heavy atom. The van der Waals surface area contributed by atoms with Crippen LogP contribution in [0.15, 0.2) is 29.3 Å². The Hall–Kier alpha value is -1.64. The van der Waals surface area contributed by atoms with Crippen molar-refractivity contribution in [2.75, 3.05) is 0 Å². The first kappa shape index (κ1) is 13.3. The third-order valence-corrected chi connectivity index (χ3v) is 4.80. The highest BCUT2D eigenvalue weighted by Crippen LogP contribution is 2.42. The van der Waals surface area contributed by atoms with E-state index in [0.717, 1.165) is 24.8 Å². The van der Waals surface area contributed by atoms with Gasteiger partial charge < -0.3 is 5.73 Å². The van der Waals surface area contributed by atoms with E-state index in [9.17, 15) is 4.79 Å². The van der Waals surface area contributed by atoms with Gasteiger partial charge in [0.1, 0.15) is 5.71 Å². The summed E-state index contributed by atoms with van der Waals surface area (Å²) >= 11 is 0. The molecule has 0 radical (unpaired) electrons. The fourth-order valence-corrected chi connectivity index (χ4v) is 3.88. The average molecular weight is 270 g/mol. The second kappa shape index (κ2) is 5.04. The van der Waals surface area contributed by atoms with Crippen LogP contribution in [-0.2, 0) is 4.79 Å². The van der Waals surface area contributed by atoms with Gasteiger partial charge in [0.2, 0.25) is 0 Å². The SMILES string of the molecule is CC1CC2(CCCCC2)N=C(C(N)=O)c2ccccc21. The number of aliphatic imine (C=N–C) groups is 1. The summed E-state index contributed by atoms with van der Waals surface area (Å²) in [5.74, 6) is 0.0291. The number of hydrogen-bond donors (Lipinski definition) is 1. The maximum Gasteiger partial charge on any atom is 0.267 e. The van der Waals surface area contributed by atoms with Crippen molar-refractivity contribution in [3.63, 3.8) is 0 Å². The van der Waals surface area contributed by atoms with Gasteiger partial charge in [0.25, 0.3) is 5.91 Å². The summed E-state index contributed by atoms with van der Waals surface area (Å²) in [5, 5.41) is 0. The fraction of sp³-hybridized carbons (Fsp3) is 0.529. The van der Waals surface area contributed by atoms with Crippen LogP contribution in [0.5, 0.6) is 0 Å². The Balaban J connectivity index is 2.13. The lowest BCUT2D eigenvalue weighted by atomic mass is 9.75. The van der Waals surface area contributed by atoms with Crippen LogP contribution < -0.4 is 5.73 Å². The molecule has 3 heteroatoms. The lowest BCUT2D eigenvalue weighted by Crippen LogP contribution is -2.33. The Morgan fingerprint density at radius 3 is 2.65 bits per heavy atom. The zero-order valence-corrected chi connectivity index (χ0v) is 12.1. The fourth-order valence-electron chi connectivity index (χ4n) is 3.88. The standard InChI is InChI=1S/C17H22N2O/c1-12-11-17(9-5-2-6-10-17)19-15(16(18)20)14-8-4-3-7-13(12)14/h3-4,7-8,12H,2,5-6,9-11H2,1H3,(H2,18,20). The van der Waals surface area contributed by atoms with Crippen molar-refractivity contribution in [1.29, 1.82) is 0 Å². The Morgan fingerprint density at radius 2 is 1.95 bits per heavy atom. The third-order valence-electron chi connectivity index (χ3n) is 4.80. The molecule has 1 spiro atoms. The third kappa shape index (κ3) is 2.26. The Labute approximate surface area is 120 Å². The summed E-state index contributed by atoms with van der Waals surface area (Å²) in [6.07, 6.45) is 6.90. The van der Waals surface area contributed by atoms with Crippen molar-refractivity contribution < 1.29 is 4.79 Å². The van der Waals surface area contributed by atoms with Crippen molar-refractivity contribution >= 4 is 11.6 Å². The molecule has 1 heterocycles. The first-order valence-corrected chi connectivity index (χ1v) is 7.60. The second-order valence-corrected chi connectivity index (χ2v) is 6.30. The molecule has 1 aliphatic carbocycles. The molecule has 2 N–H and O–H groups in total. The van der Waals surface area contributed by atoms with Crippen LogP contribution in [-0.4, -0.2) is 17.2 Å². The predicted molar refractivity (Wildman–Crippen MR) is 81.0 cm³/mol. The van der Waals surface area contributed by atoms with E-state index in [1.54, 1.807) is 0 Å². The minimum atomic E-state index is -0.392. The minimum Gasteiger partial charge on any atom is -0.364 e. The molecule has 1 unspecified atom stereocenters. The van der Waals surface area contributed by atoms with Gasteiger partial charge in [0, 0.05) is 5.56 Å². The van der Waals surface area contributed by atoms with Gasteiger partial charge in [-0.25, -0.2) is 0 Å². The molecule has 1 aromatic rings. The molecule has 0 saturated heterocycles. The lowest BCUT2D eigenvalue weighted by molar-refractivity contribution is -0.112. The van der Waals surface area contributed by atoms with Crippen molar-refractivity contribution in [3.05, 3.63) is 35.4 Å². The molecule has 1 saturated carbocycles. The molecule has 1 fully saturated rings. The molecule has 1 aromatic carbocycles. The van der Waals surface area contributed by atoms with Gasteiger partial charge in [-0.1, -0.05) is 50.5 Å². The quantitative estimate of drug-likeness (QED) is 0.837. The van der Waals surface area contributed by atoms with Crippen LogP contribution in [0, 0.1) is 0 Å². The summed E-state index contributed by atoms with van der Waals surface area (Å²) in [4.78, 5) is 16.8. The highest BCUT2D eigenvalue weighted by molar-refractivity contribution is 6.45. The van der Waals surface area contributed by atoms with Gasteiger partial charge in [-0.15, -0.1) is 0 Å². The van der Waals surface area contributed by atoms with Crippen molar-refractivity contribution in [3.8, 4) is 0 Å². The maximum atomic E-state index is 11.9. The summed E-state index contributed by atoms with van der Waals surface area (Å²) in [5.41, 5.74) is 8.20. The van der Waals surface area contributed by atoms with E-state index in [1.807, 2.05) is 18.2 Å². The molecular formula is C17H22N2O. The molecular weight excluding hydrogens is 248 g/mol. The van der Waals surface area contributed by atoms with Crippen LogP contribution >= 0.6 is 0 Å². The van der Waals surface area contributed by atoms with Crippen LogP contribution in [0.4, 0.5) is 0 Å². The highest BCUT2D eigenvalue weighted by atomic mass is 16.1. The number of hydrogen-bond acceptors (Lipinski definition) is 2. The zero-order chi connectivity index (χ0) is 14.2. The van der Waals surface area contributed by atoms with Gasteiger partial charge in [-0.05, 0) is 30.7 Å². The summed E-state index contributed by atoms with van der Waals surface area (Å²) in [7, 11) is 0. The predicted octanol–water partition coefficient (Wildman–Crippen LogP) is 3.17. The Bertz CT molecular complexity index is 556. The van der Waals surface area contributed by atoms with Crippen molar-refractivity contribution in [2.24, 2.45) is 10.7 Å². The number of nitrogens with two attached hydrogens (primary N) is 1. The van der Waals surface area contributed by atoms with Crippen LogP contribution in [0.25, 0.3) is 0 Å². The number of carbonyl (C=O) groups is 1. The summed E-state index contributed by atoms with van der Waals surface area (Å²) < 4.78 is 0. The number of fused-ring (bicyclic) bond motifs is 1. The maximum absolute atomic E-state index is 11.9. The van der Waals surface area contributed by atoms with E-state index in [4.69, 9.17) is 10.7 Å². The molecule has 20 heavy (non-hydrogen) atoms. The van der Waals surface area contributed by atoms with Gasteiger partial charge in [-0.2, -0.15) is 0 Å². The van der Waals surface area contributed by atoms with E-state index < -0.39 is 5.91 Å². The number of benzene rings is 1. The second-order valence-electron chi connectivity index (χ2n) is 6.30. The van der Waals surface area contributed by atoms with Crippen LogP contribution in [0.1, 0.15) is 62.5 Å². The average Bonchev–Trinajstić information content (AvgIpc) is 2.56. The molecule has 1 atom stereocenters. The molecule has 2 aliphatic rings. The van der Waals surface area contributed by atoms with Crippen molar-refractivity contribution in [1.82, 2.24) is 0 Å². The van der Waals surface area contributed by atoms with Gasteiger partial charge in [-0.3, -0.25) is 9.79 Å². The summed E-state index contributed by atoms with van der Waals surface area (Å²) in [6, 6.07) is 8.09. The Kier molecular flexibility index (Phi) is 3.36. The summed E-state index contributed by atoms with van der Waals surface area (Å²) in [6.45, 7) is 2.24. The number of amides is 1. The molecule has 3 nitrogen and oxygen atoms in total. The first-order chi connectivity index (χ1) is 9.61. The molecule has 1 aliphatic heterocycles. The van der Waals surface area contributed by atoms with E-state index in [1.165, 1.54) is 24.8 Å². The normalized spacial score (nSPS) is 24.6. The topological polar surface area (TPSA) is 55.4 Å². The van der Waals surface area contributed by atoms with E-state index in [-0.39, 0.29) is 5.54 Å². The number of rotatable bonds is 1. The van der Waals surface area contributed by atoms with Gasteiger partial charge in [0.15, 0.2) is 0 Å². The van der Waals surface area contributed by atoms with Gasteiger partial charge >= 0.3 is 0 Å². The van der Waals surface area contributed by atoms with E-state index in [2.05, 4.69) is 13.0 Å². The van der Waals surface area contributed by atoms with Crippen LogP contribution in [0.2, 0.25) is 0 Å². The zero-order valence-electron chi connectivity index (χ0n) is 12.1. The molecule has 1 amide bonds. The number of primary amides is 1. The largest absolute Gasteiger partial charge is 0.364 e. The molecule has 106 valence electrons. The molecule has 3 rings (SSSR count). The van der Waals surface area contributed by atoms with E-state index in [0.29, 0.717) is 11.6 Å². The van der Waals surface area contributed by atoms with Gasteiger partial charge in [0.05, 0.1) is 5.54 Å². The first-order valence-electron chi connectivity index (χ1n) is 7.60. The number of carbonyl (C=O) groups excluding carboxylic acids is 1. The minimum absolute atomic E-state index is 0.0684. The molecule has 0 aromatic heterocycles. The van der Waals surface area contributed by atoms with Crippen molar-refractivity contribution in [2.45, 2.75) is 56.9 Å². The van der Waals surface area contributed by atoms with E-state index >= 15 is 0 Å². The number of nitrogens with zero attached hydrogens (tertiary/aromatic N) is 1. The lowest BCUT2D eigenvalue weighted by Gasteiger charge is -2.35. The smallest absolute Gasteiger partial charge is 0.267 e. The highest BCUT2D eigenvalue weighted by Gasteiger charge is 2.37.